The second kappa shape index (κ2) is 9.84. The lowest BCUT2D eigenvalue weighted by Gasteiger charge is -2.32. The van der Waals surface area contributed by atoms with Crippen molar-refractivity contribution < 1.29 is 17.2 Å². The van der Waals surface area contributed by atoms with Gasteiger partial charge in [0.15, 0.2) is 0 Å². The number of halogens is 2. The van der Waals surface area contributed by atoms with E-state index in [1.165, 1.54) is 42.0 Å². The van der Waals surface area contributed by atoms with Gasteiger partial charge in [-0.25, -0.2) is 12.8 Å². The van der Waals surface area contributed by atoms with Crippen molar-refractivity contribution in [1.29, 1.82) is 0 Å². The molecule has 3 aromatic carbocycles. The molecule has 0 bridgehead atoms. The molecule has 5 rings (SSSR count). The number of hydrogen-bond donors (Lipinski definition) is 0. The van der Waals surface area contributed by atoms with Gasteiger partial charge in [-0.15, -0.1) is 0 Å². The van der Waals surface area contributed by atoms with Crippen LogP contribution in [0.3, 0.4) is 0 Å². The predicted molar refractivity (Wildman–Crippen MR) is 134 cm³/mol. The summed E-state index contributed by atoms with van der Waals surface area (Å²) in [4.78, 5) is 6.26. The molecule has 1 fully saturated rings. The lowest BCUT2D eigenvalue weighted by molar-refractivity contribution is 0.387. The molecule has 0 atom stereocenters. The molecule has 0 spiro atoms. The van der Waals surface area contributed by atoms with Crippen LogP contribution < -0.4 is 4.90 Å². The van der Waals surface area contributed by atoms with Gasteiger partial charge in [0, 0.05) is 18.1 Å². The summed E-state index contributed by atoms with van der Waals surface area (Å²) in [5.41, 5.74) is 1.41. The van der Waals surface area contributed by atoms with Crippen molar-refractivity contribution in [3.05, 3.63) is 95.3 Å². The Balaban J connectivity index is 1.48. The van der Waals surface area contributed by atoms with Gasteiger partial charge in [-0.1, -0.05) is 54.1 Å². The number of hydrogen-bond acceptors (Lipinski definition) is 5. The van der Waals surface area contributed by atoms with Crippen molar-refractivity contribution in [1.82, 2.24) is 4.98 Å². The Labute approximate surface area is 209 Å². The Kier molecular flexibility index (Phi) is 6.62. The number of rotatable bonds is 6. The monoisotopic (exact) mass is 510 g/mol. The van der Waals surface area contributed by atoms with Crippen LogP contribution in [0.15, 0.2) is 93.2 Å². The van der Waals surface area contributed by atoms with Crippen LogP contribution in [0.4, 0.5) is 10.3 Å². The quantitative estimate of drug-likeness (QED) is 0.299. The summed E-state index contributed by atoms with van der Waals surface area (Å²) in [7, 11) is -4.03. The fourth-order valence-corrected chi connectivity index (χ4v) is 5.88. The van der Waals surface area contributed by atoms with Gasteiger partial charge < -0.3 is 9.32 Å². The molecule has 0 radical (unpaired) electrons. The van der Waals surface area contributed by atoms with E-state index in [0.29, 0.717) is 24.0 Å². The number of aromatic nitrogens is 1. The van der Waals surface area contributed by atoms with Crippen LogP contribution in [0.2, 0.25) is 5.02 Å². The van der Waals surface area contributed by atoms with E-state index in [2.05, 4.69) is 17.1 Å². The number of sulfone groups is 1. The number of anilines is 1. The molecule has 4 aromatic rings. The highest BCUT2D eigenvalue weighted by Crippen LogP contribution is 2.37. The number of oxazole rings is 1. The average Bonchev–Trinajstić information content (AvgIpc) is 3.32. The Hall–Kier alpha value is -3.16. The number of nitrogens with zero attached hydrogens (tertiary/aromatic N) is 2. The maximum atomic E-state index is 14.5. The summed E-state index contributed by atoms with van der Waals surface area (Å²) >= 11 is 5.96. The van der Waals surface area contributed by atoms with Crippen molar-refractivity contribution in [3.8, 4) is 11.5 Å². The van der Waals surface area contributed by atoms with Gasteiger partial charge in [0.25, 0.3) is 0 Å². The fourth-order valence-electron chi connectivity index (χ4n) is 4.44. The van der Waals surface area contributed by atoms with E-state index in [1.54, 1.807) is 12.1 Å². The SMILES string of the molecule is O=S(=O)(c1ccc(Cl)cc1)c1nc(-c2ccccc2F)oc1N1CCC(Cc2ccccc2)CC1. The highest BCUT2D eigenvalue weighted by molar-refractivity contribution is 7.91. The molecule has 2 heterocycles. The molecule has 1 aliphatic heterocycles. The first-order chi connectivity index (χ1) is 16.9. The van der Waals surface area contributed by atoms with E-state index in [0.717, 1.165) is 19.3 Å². The molecular formula is C27H24ClFN2O3S. The first kappa shape index (κ1) is 23.6. The smallest absolute Gasteiger partial charge is 0.236 e. The zero-order valence-electron chi connectivity index (χ0n) is 18.9. The summed E-state index contributed by atoms with van der Waals surface area (Å²) in [6, 6.07) is 22.3. The maximum absolute atomic E-state index is 14.5. The van der Waals surface area contributed by atoms with Gasteiger partial charge in [-0.3, -0.25) is 0 Å². The van der Waals surface area contributed by atoms with Crippen molar-refractivity contribution in [2.45, 2.75) is 29.2 Å². The van der Waals surface area contributed by atoms with Gasteiger partial charge >= 0.3 is 0 Å². The van der Waals surface area contributed by atoms with Gasteiger partial charge in [0.1, 0.15) is 5.82 Å². The molecule has 0 aliphatic carbocycles. The second-order valence-electron chi connectivity index (χ2n) is 8.69. The normalized spacial score (nSPS) is 14.9. The Morgan fingerprint density at radius 1 is 0.943 bits per heavy atom. The van der Waals surface area contributed by atoms with Crippen LogP contribution in [0.1, 0.15) is 18.4 Å². The summed E-state index contributed by atoms with van der Waals surface area (Å²) in [5.74, 6) is 0.0460. The minimum Gasteiger partial charge on any atom is -0.419 e. The Bertz CT molecular complexity index is 1410. The summed E-state index contributed by atoms with van der Waals surface area (Å²) in [5, 5.41) is 0.219. The van der Waals surface area contributed by atoms with Crippen LogP contribution in [0, 0.1) is 11.7 Å². The van der Waals surface area contributed by atoms with Crippen molar-refractivity contribution >= 4 is 27.3 Å². The topological polar surface area (TPSA) is 63.4 Å². The van der Waals surface area contributed by atoms with Gasteiger partial charge in [0.05, 0.1) is 10.5 Å². The van der Waals surface area contributed by atoms with Crippen LogP contribution in [-0.4, -0.2) is 26.5 Å². The first-order valence-corrected chi connectivity index (χ1v) is 13.3. The molecule has 8 heteroatoms. The minimum absolute atomic E-state index is 0.0514. The van der Waals surface area contributed by atoms with E-state index in [4.69, 9.17) is 16.0 Å². The van der Waals surface area contributed by atoms with Crippen molar-refractivity contribution in [3.63, 3.8) is 0 Å². The lowest BCUT2D eigenvalue weighted by atomic mass is 9.90. The molecule has 5 nitrogen and oxygen atoms in total. The van der Waals surface area contributed by atoms with Crippen LogP contribution in [0.5, 0.6) is 0 Å². The highest BCUT2D eigenvalue weighted by Gasteiger charge is 2.33. The molecule has 1 aliphatic rings. The number of benzene rings is 3. The van der Waals surface area contributed by atoms with E-state index < -0.39 is 15.7 Å². The Morgan fingerprint density at radius 3 is 2.29 bits per heavy atom. The first-order valence-electron chi connectivity index (χ1n) is 11.5. The molecule has 0 unspecified atom stereocenters. The highest BCUT2D eigenvalue weighted by atomic mass is 35.5. The van der Waals surface area contributed by atoms with Gasteiger partial charge in [-0.05, 0) is 67.1 Å². The summed E-state index contributed by atoms with van der Waals surface area (Å²) in [6.45, 7) is 1.24. The molecule has 0 amide bonds. The zero-order chi connectivity index (χ0) is 24.4. The Morgan fingerprint density at radius 2 is 1.60 bits per heavy atom. The number of piperidine rings is 1. The lowest BCUT2D eigenvalue weighted by Crippen LogP contribution is -2.34. The van der Waals surface area contributed by atoms with Crippen LogP contribution in [-0.2, 0) is 16.3 Å². The molecule has 1 saturated heterocycles. The third-order valence-corrected chi connectivity index (χ3v) is 8.25. The van der Waals surface area contributed by atoms with Crippen molar-refractivity contribution in [2.24, 2.45) is 5.92 Å². The molecular weight excluding hydrogens is 487 g/mol. The van der Waals surface area contributed by atoms with E-state index in [9.17, 15) is 12.8 Å². The summed E-state index contributed by atoms with van der Waals surface area (Å²) < 4.78 is 47.6. The van der Waals surface area contributed by atoms with E-state index in [-0.39, 0.29) is 27.3 Å². The largest absolute Gasteiger partial charge is 0.419 e. The molecule has 0 N–H and O–H groups in total. The molecule has 35 heavy (non-hydrogen) atoms. The van der Waals surface area contributed by atoms with Gasteiger partial charge in [-0.2, -0.15) is 4.98 Å². The van der Waals surface area contributed by atoms with Crippen LogP contribution in [0.25, 0.3) is 11.5 Å². The molecule has 180 valence electrons. The van der Waals surface area contributed by atoms with Crippen molar-refractivity contribution in [2.75, 3.05) is 18.0 Å². The van der Waals surface area contributed by atoms with Gasteiger partial charge in [0.2, 0.25) is 26.6 Å². The average molecular weight is 511 g/mol. The molecule has 0 saturated carbocycles. The second-order valence-corrected chi connectivity index (χ2v) is 11.0. The standard InChI is InChI=1S/C27H24ClFN2O3S/c28-21-10-12-22(13-11-21)35(32,33)26-27(34-25(30-26)23-8-4-5-9-24(23)29)31-16-14-20(15-17-31)18-19-6-2-1-3-7-19/h1-13,20H,14-18H2. The van der Waals surface area contributed by atoms with Crippen LogP contribution >= 0.6 is 11.6 Å². The van der Waals surface area contributed by atoms with E-state index in [1.807, 2.05) is 23.1 Å². The maximum Gasteiger partial charge on any atom is 0.236 e. The predicted octanol–water partition coefficient (Wildman–Crippen LogP) is 6.43. The third-order valence-electron chi connectivity index (χ3n) is 6.33. The van der Waals surface area contributed by atoms with E-state index >= 15 is 0 Å². The minimum atomic E-state index is -4.03. The zero-order valence-corrected chi connectivity index (χ0v) is 20.5. The third kappa shape index (κ3) is 4.97. The fraction of sp³-hybridized carbons (Fsp3) is 0.222. The summed E-state index contributed by atoms with van der Waals surface area (Å²) in [6.07, 6.45) is 2.73. The molecule has 1 aromatic heterocycles.